The maximum absolute atomic E-state index is 12.5. The van der Waals surface area contributed by atoms with E-state index in [0.717, 1.165) is 11.1 Å². The number of hydrogen-bond acceptors (Lipinski definition) is 2. The van der Waals surface area contributed by atoms with E-state index >= 15 is 0 Å². The van der Waals surface area contributed by atoms with E-state index in [9.17, 15) is 9.59 Å². The summed E-state index contributed by atoms with van der Waals surface area (Å²) in [5.41, 5.74) is 2.33. The molecule has 0 amide bonds. The van der Waals surface area contributed by atoms with Crippen molar-refractivity contribution in [2.45, 2.75) is 0 Å². The van der Waals surface area contributed by atoms with Crippen molar-refractivity contribution in [3.05, 3.63) is 82.3 Å². The predicted molar refractivity (Wildman–Crippen MR) is 86.7 cm³/mol. The summed E-state index contributed by atoms with van der Waals surface area (Å²) in [6.45, 7) is 0. The van der Waals surface area contributed by atoms with Crippen molar-refractivity contribution >= 4 is 38.6 Å². The topological polar surface area (TPSA) is 34.1 Å². The second-order valence-corrected chi connectivity index (χ2v) is 5.47. The Kier molecular flexibility index (Phi) is 3.67. The van der Waals surface area contributed by atoms with Crippen LogP contribution in [-0.4, -0.2) is 11.6 Å². The van der Waals surface area contributed by atoms with Gasteiger partial charge in [-0.05, 0) is 33.1 Å². The first-order valence-electron chi connectivity index (χ1n) is 6.50. The first-order chi connectivity index (χ1) is 10.2. The molecule has 0 saturated heterocycles. The van der Waals surface area contributed by atoms with Gasteiger partial charge in [-0.25, -0.2) is 0 Å². The van der Waals surface area contributed by atoms with Gasteiger partial charge in [0.05, 0.1) is 4.48 Å². The first-order valence-corrected chi connectivity index (χ1v) is 7.29. The summed E-state index contributed by atoms with van der Waals surface area (Å²) in [7, 11) is 0. The second kappa shape index (κ2) is 5.62. The van der Waals surface area contributed by atoms with Crippen LogP contribution in [0.4, 0.5) is 0 Å². The van der Waals surface area contributed by atoms with Crippen LogP contribution in [-0.2, 0) is 9.59 Å². The monoisotopic (exact) mass is 338 g/mol. The van der Waals surface area contributed by atoms with Gasteiger partial charge in [0.25, 0.3) is 0 Å². The molecular formula is C18H11BrO2. The van der Waals surface area contributed by atoms with Crippen molar-refractivity contribution in [2.75, 3.05) is 0 Å². The van der Waals surface area contributed by atoms with Crippen LogP contribution in [0.3, 0.4) is 0 Å². The highest BCUT2D eigenvalue weighted by atomic mass is 79.9. The Morgan fingerprint density at radius 2 is 1.24 bits per heavy atom. The zero-order chi connectivity index (χ0) is 14.8. The zero-order valence-corrected chi connectivity index (χ0v) is 12.6. The Bertz CT molecular complexity index is 771. The largest absolute Gasteiger partial charge is 0.289 e. The van der Waals surface area contributed by atoms with Crippen LogP contribution in [0.15, 0.2) is 71.2 Å². The Morgan fingerprint density at radius 3 is 1.81 bits per heavy atom. The molecule has 0 atom stereocenters. The summed E-state index contributed by atoms with van der Waals surface area (Å²) >= 11 is 3.30. The fourth-order valence-electron chi connectivity index (χ4n) is 2.31. The molecule has 1 aliphatic rings. The van der Waals surface area contributed by atoms with Crippen LogP contribution in [0.5, 0.6) is 0 Å². The van der Waals surface area contributed by atoms with Crippen molar-refractivity contribution in [3.8, 4) is 0 Å². The van der Waals surface area contributed by atoms with E-state index < -0.39 is 0 Å². The number of halogens is 1. The fraction of sp³-hybridized carbons (Fsp3) is 0. The van der Waals surface area contributed by atoms with Crippen molar-refractivity contribution < 1.29 is 9.59 Å². The molecule has 102 valence electrons. The van der Waals surface area contributed by atoms with Gasteiger partial charge in [-0.15, -0.1) is 0 Å². The van der Waals surface area contributed by atoms with E-state index in [1.165, 1.54) is 6.08 Å². The Morgan fingerprint density at radius 1 is 0.714 bits per heavy atom. The summed E-state index contributed by atoms with van der Waals surface area (Å²) in [4.78, 5) is 24.9. The molecule has 21 heavy (non-hydrogen) atoms. The minimum atomic E-state index is -0.167. The van der Waals surface area contributed by atoms with E-state index in [-0.39, 0.29) is 11.6 Å². The lowest BCUT2D eigenvalue weighted by atomic mass is 9.89. The standard InChI is InChI=1S/C18H11BrO2/c19-17-16(13-9-5-2-6-10-13)15(20)11-14(18(17)21)12-7-3-1-4-8-12/h1-11H. The van der Waals surface area contributed by atoms with Crippen molar-refractivity contribution in [2.24, 2.45) is 0 Å². The fourth-order valence-corrected chi connectivity index (χ4v) is 2.95. The number of Topliss-reactive ketones (excluding diaryl/α,β-unsaturated/α-hetero) is 1. The molecule has 1 aliphatic carbocycles. The van der Waals surface area contributed by atoms with Crippen LogP contribution < -0.4 is 0 Å². The average Bonchev–Trinajstić information content (AvgIpc) is 2.53. The van der Waals surface area contributed by atoms with E-state index in [0.29, 0.717) is 15.6 Å². The van der Waals surface area contributed by atoms with Crippen LogP contribution in [0.2, 0.25) is 0 Å². The third-order valence-electron chi connectivity index (χ3n) is 3.33. The molecule has 0 heterocycles. The second-order valence-electron chi connectivity index (χ2n) is 4.67. The molecule has 3 rings (SSSR count). The zero-order valence-electron chi connectivity index (χ0n) is 11.0. The van der Waals surface area contributed by atoms with E-state index in [1.54, 1.807) is 0 Å². The van der Waals surface area contributed by atoms with Crippen molar-refractivity contribution in [3.63, 3.8) is 0 Å². The van der Waals surface area contributed by atoms with Crippen molar-refractivity contribution in [1.29, 1.82) is 0 Å². The summed E-state index contributed by atoms with van der Waals surface area (Å²) in [5.74, 6) is -0.328. The number of ketones is 2. The highest BCUT2D eigenvalue weighted by Gasteiger charge is 2.28. The van der Waals surface area contributed by atoms with Gasteiger partial charge in [0.1, 0.15) is 0 Å². The molecule has 0 aliphatic heterocycles. The summed E-state index contributed by atoms with van der Waals surface area (Å²) in [6, 6.07) is 18.4. The Hall–Kier alpha value is -2.26. The lowest BCUT2D eigenvalue weighted by molar-refractivity contribution is -0.112. The smallest absolute Gasteiger partial charge is 0.201 e. The molecule has 0 saturated carbocycles. The normalized spacial score (nSPS) is 15.2. The van der Waals surface area contributed by atoms with Crippen LogP contribution in [0.1, 0.15) is 11.1 Å². The van der Waals surface area contributed by atoms with Crippen molar-refractivity contribution in [1.82, 2.24) is 0 Å². The van der Waals surface area contributed by atoms with E-state index in [1.807, 2.05) is 60.7 Å². The molecule has 0 spiro atoms. The van der Waals surface area contributed by atoms with Gasteiger partial charge in [-0.1, -0.05) is 60.7 Å². The molecule has 0 aromatic heterocycles. The third-order valence-corrected chi connectivity index (χ3v) is 4.09. The number of benzene rings is 2. The molecule has 3 heteroatoms. The number of rotatable bonds is 2. The maximum atomic E-state index is 12.5. The molecule has 0 N–H and O–H groups in total. The molecule has 2 nitrogen and oxygen atoms in total. The molecule has 2 aromatic rings. The lowest BCUT2D eigenvalue weighted by Crippen LogP contribution is -2.15. The van der Waals surface area contributed by atoms with Gasteiger partial charge in [-0.2, -0.15) is 0 Å². The molecular weight excluding hydrogens is 328 g/mol. The maximum Gasteiger partial charge on any atom is 0.201 e. The van der Waals surface area contributed by atoms with Gasteiger partial charge in [0, 0.05) is 11.1 Å². The van der Waals surface area contributed by atoms with Crippen LogP contribution >= 0.6 is 15.9 Å². The average molecular weight is 339 g/mol. The van der Waals surface area contributed by atoms with E-state index in [4.69, 9.17) is 0 Å². The van der Waals surface area contributed by atoms with Crippen LogP contribution in [0.25, 0.3) is 11.1 Å². The minimum Gasteiger partial charge on any atom is -0.289 e. The molecule has 0 unspecified atom stereocenters. The number of hydrogen-bond donors (Lipinski definition) is 0. The summed E-state index contributed by atoms with van der Waals surface area (Å²) in [5, 5.41) is 0. The number of carbonyl (C=O) groups excluding carboxylic acids is 2. The van der Waals surface area contributed by atoms with Gasteiger partial charge >= 0.3 is 0 Å². The highest BCUT2D eigenvalue weighted by molar-refractivity contribution is 9.12. The Balaban J connectivity index is 2.08. The van der Waals surface area contributed by atoms with Gasteiger partial charge in [0.2, 0.25) is 5.78 Å². The minimum absolute atomic E-state index is 0.161. The molecule has 0 bridgehead atoms. The molecule has 0 radical (unpaired) electrons. The SMILES string of the molecule is O=C1C=C(c2ccccc2)C(=O)C(Br)=C1c1ccccc1. The molecule has 2 aromatic carbocycles. The number of allylic oxidation sites excluding steroid dienone is 4. The van der Waals surface area contributed by atoms with E-state index in [2.05, 4.69) is 15.9 Å². The van der Waals surface area contributed by atoms with Gasteiger partial charge < -0.3 is 0 Å². The van der Waals surface area contributed by atoms with Gasteiger partial charge in [-0.3, -0.25) is 9.59 Å². The lowest BCUT2D eigenvalue weighted by Gasteiger charge is -2.16. The number of carbonyl (C=O) groups is 2. The first kappa shape index (κ1) is 13.7. The molecule has 0 fully saturated rings. The highest BCUT2D eigenvalue weighted by Crippen LogP contribution is 2.34. The third kappa shape index (κ3) is 2.52. The predicted octanol–water partition coefficient (Wildman–Crippen LogP) is 4.03. The summed E-state index contributed by atoms with van der Waals surface area (Å²) < 4.78 is 0.319. The quantitative estimate of drug-likeness (QED) is 0.774. The Labute approximate surface area is 130 Å². The summed E-state index contributed by atoms with van der Waals surface area (Å²) in [6.07, 6.45) is 1.42. The van der Waals surface area contributed by atoms with Crippen LogP contribution in [0, 0.1) is 0 Å². The van der Waals surface area contributed by atoms with Gasteiger partial charge in [0.15, 0.2) is 5.78 Å².